The van der Waals surface area contributed by atoms with E-state index >= 15 is 0 Å². The molecule has 0 bridgehead atoms. The van der Waals surface area contributed by atoms with Gasteiger partial charge in [-0.3, -0.25) is 5.32 Å². The maximum absolute atomic E-state index is 11.8. The molecule has 1 atom stereocenters. The number of allylic oxidation sites excluding steroid dienone is 1. The SMILES string of the molecule is CCOC(=O)NC1=C(C#N)[C@H](c2ccccc2)c2ccccc21. The first kappa shape index (κ1) is 14.9. The van der Waals surface area contributed by atoms with Crippen molar-refractivity contribution in [3.63, 3.8) is 0 Å². The van der Waals surface area contributed by atoms with Crippen molar-refractivity contribution in [2.75, 3.05) is 6.61 Å². The van der Waals surface area contributed by atoms with Crippen LogP contribution in [0.4, 0.5) is 4.79 Å². The summed E-state index contributed by atoms with van der Waals surface area (Å²) in [4.78, 5) is 11.8. The Morgan fingerprint density at radius 3 is 2.57 bits per heavy atom. The van der Waals surface area contributed by atoms with Crippen molar-refractivity contribution < 1.29 is 9.53 Å². The third-order valence-corrected chi connectivity index (χ3v) is 3.85. The number of benzene rings is 2. The number of nitrogens with one attached hydrogen (secondary N) is 1. The topological polar surface area (TPSA) is 62.1 Å². The number of carbonyl (C=O) groups is 1. The fourth-order valence-corrected chi connectivity index (χ4v) is 2.94. The van der Waals surface area contributed by atoms with Crippen LogP contribution in [0.3, 0.4) is 0 Å². The van der Waals surface area contributed by atoms with Gasteiger partial charge in [0.2, 0.25) is 0 Å². The highest BCUT2D eigenvalue weighted by Gasteiger charge is 2.33. The molecule has 2 aromatic rings. The highest BCUT2D eigenvalue weighted by Crippen LogP contribution is 2.44. The van der Waals surface area contributed by atoms with Gasteiger partial charge in [0, 0.05) is 11.5 Å². The van der Waals surface area contributed by atoms with Gasteiger partial charge in [-0.05, 0) is 18.1 Å². The molecule has 2 aromatic carbocycles. The number of alkyl carbamates (subject to hydrolysis) is 1. The summed E-state index contributed by atoms with van der Waals surface area (Å²) in [6.07, 6.45) is -0.543. The van der Waals surface area contributed by atoms with Gasteiger partial charge >= 0.3 is 6.09 Å². The van der Waals surface area contributed by atoms with E-state index in [9.17, 15) is 10.1 Å². The summed E-state index contributed by atoms with van der Waals surface area (Å²) in [6, 6.07) is 19.8. The van der Waals surface area contributed by atoms with Crippen LogP contribution in [-0.2, 0) is 4.74 Å². The second-order valence-corrected chi connectivity index (χ2v) is 5.18. The van der Waals surface area contributed by atoms with E-state index in [0.717, 1.165) is 16.7 Å². The quantitative estimate of drug-likeness (QED) is 0.937. The maximum atomic E-state index is 11.8. The fourth-order valence-electron chi connectivity index (χ4n) is 2.94. The monoisotopic (exact) mass is 304 g/mol. The summed E-state index contributed by atoms with van der Waals surface area (Å²) >= 11 is 0. The predicted molar refractivity (Wildman–Crippen MR) is 87.4 cm³/mol. The van der Waals surface area contributed by atoms with Crippen LogP contribution in [0.5, 0.6) is 0 Å². The lowest BCUT2D eigenvalue weighted by Crippen LogP contribution is -2.23. The van der Waals surface area contributed by atoms with Gasteiger partial charge in [-0.25, -0.2) is 4.79 Å². The first-order chi connectivity index (χ1) is 11.3. The zero-order valence-electron chi connectivity index (χ0n) is 12.7. The molecule has 4 heteroatoms. The van der Waals surface area contributed by atoms with Gasteiger partial charge in [-0.1, -0.05) is 54.6 Å². The number of rotatable bonds is 3. The first-order valence-electron chi connectivity index (χ1n) is 7.48. The molecule has 114 valence electrons. The zero-order valence-corrected chi connectivity index (χ0v) is 12.7. The van der Waals surface area contributed by atoms with Crippen LogP contribution in [0, 0.1) is 11.3 Å². The van der Waals surface area contributed by atoms with E-state index in [1.807, 2.05) is 54.6 Å². The van der Waals surface area contributed by atoms with Crippen molar-refractivity contribution in [1.82, 2.24) is 5.32 Å². The van der Waals surface area contributed by atoms with Crippen LogP contribution in [0.1, 0.15) is 29.5 Å². The van der Waals surface area contributed by atoms with Crippen molar-refractivity contribution >= 4 is 11.8 Å². The molecule has 1 N–H and O–H groups in total. The number of hydrogen-bond donors (Lipinski definition) is 1. The van der Waals surface area contributed by atoms with Gasteiger partial charge in [0.15, 0.2) is 0 Å². The molecule has 0 saturated carbocycles. The third-order valence-electron chi connectivity index (χ3n) is 3.85. The summed E-state index contributed by atoms with van der Waals surface area (Å²) in [7, 11) is 0. The van der Waals surface area contributed by atoms with Crippen LogP contribution in [0.25, 0.3) is 5.70 Å². The summed E-state index contributed by atoms with van der Waals surface area (Å²) in [5.41, 5.74) is 3.98. The van der Waals surface area contributed by atoms with Gasteiger partial charge in [0.05, 0.1) is 23.9 Å². The standard InChI is InChI=1S/C19H16N2O2/c1-2-23-19(22)21-18-15-11-7-6-10-14(15)17(16(18)12-20)13-8-4-3-5-9-13/h3-11,17H,2H2,1H3,(H,21,22)/t17-/m1/s1. The second-order valence-electron chi connectivity index (χ2n) is 5.18. The van der Waals surface area contributed by atoms with Gasteiger partial charge in [-0.2, -0.15) is 5.26 Å². The van der Waals surface area contributed by atoms with E-state index in [2.05, 4.69) is 11.4 Å². The van der Waals surface area contributed by atoms with Crippen LogP contribution in [-0.4, -0.2) is 12.7 Å². The lowest BCUT2D eigenvalue weighted by Gasteiger charge is -2.12. The number of nitrogens with zero attached hydrogens (tertiary/aromatic N) is 1. The fraction of sp³-hybridized carbons (Fsp3) is 0.158. The number of ether oxygens (including phenoxy) is 1. The highest BCUT2D eigenvalue weighted by atomic mass is 16.5. The smallest absolute Gasteiger partial charge is 0.411 e. The molecule has 1 aliphatic rings. The molecule has 0 heterocycles. The van der Waals surface area contributed by atoms with E-state index < -0.39 is 6.09 Å². The summed E-state index contributed by atoms with van der Waals surface area (Å²) in [5, 5.41) is 12.4. The van der Waals surface area contributed by atoms with E-state index in [0.29, 0.717) is 11.3 Å². The van der Waals surface area contributed by atoms with Crippen molar-refractivity contribution in [3.8, 4) is 6.07 Å². The maximum Gasteiger partial charge on any atom is 0.411 e. The van der Waals surface area contributed by atoms with Crippen molar-refractivity contribution in [2.45, 2.75) is 12.8 Å². The van der Waals surface area contributed by atoms with E-state index in [1.165, 1.54) is 0 Å². The second kappa shape index (κ2) is 6.37. The molecule has 1 aliphatic carbocycles. The molecular formula is C19H16N2O2. The number of nitriles is 1. The summed E-state index contributed by atoms with van der Waals surface area (Å²) in [6.45, 7) is 2.03. The van der Waals surface area contributed by atoms with Crippen LogP contribution < -0.4 is 5.32 Å². The predicted octanol–water partition coefficient (Wildman–Crippen LogP) is 3.81. The first-order valence-corrected chi connectivity index (χ1v) is 7.48. The third kappa shape index (κ3) is 2.69. The minimum atomic E-state index is -0.543. The van der Waals surface area contributed by atoms with E-state index in [4.69, 9.17) is 4.74 Å². The Bertz CT molecular complexity index is 804. The minimum Gasteiger partial charge on any atom is -0.450 e. The zero-order chi connectivity index (χ0) is 16.2. The molecule has 3 rings (SSSR count). The van der Waals surface area contributed by atoms with Crippen molar-refractivity contribution in [2.24, 2.45) is 0 Å². The normalized spacial score (nSPS) is 15.7. The average molecular weight is 304 g/mol. The average Bonchev–Trinajstić information content (AvgIpc) is 2.89. The molecule has 0 aliphatic heterocycles. The Morgan fingerprint density at radius 2 is 1.87 bits per heavy atom. The van der Waals surface area contributed by atoms with Crippen LogP contribution >= 0.6 is 0 Å². The molecular weight excluding hydrogens is 288 g/mol. The highest BCUT2D eigenvalue weighted by molar-refractivity contribution is 5.90. The molecule has 4 nitrogen and oxygen atoms in total. The molecule has 23 heavy (non-hydrogen) atoms. The molecule has 0 aromatic heterocycles. The Kier molecular flexibility index (Phi) is 4.11. The van der Waals surface area contributed by atoms with Gasteiger partial charge in [-0.15, -0.1) is 0 Å². The number of hydrogen-bond acceptors (Lipinski definition) is 3. The van der Waals surface area contributed by atoms with E-state index in [1.54, 1.807) is 6.92 Å². The van der Waals surface area contributed by atoms with E-state index in [-0.39, 0.29) is 12.5 Å². The molecule has 0 radical (unpaired) electrons. The van der Waals surface area contributed by atoms with Gasteiger partial charge in [0.1, 0.15) is 0 Å². The number of carbonyl (C=O) groups excluding carboxylic acids is 1. The lowest BCUT2D eigenvalue weighted by atomic mass is 9.89. The molecule has 0 unspecified atom stereocenters. The lowest BCUT2D eigenvalue weighted by molar-refractivity contribution is 0.157. The van der Waals surface area contributed by atoms with Crippen molar-refractivity contribution in [1.29, 1.82) is 5.26 Å². The number of fused-ring (bicyclic) bond motifs is 1. The summed E-state index contributed by atoms with van der Waals surface area (Å²) in [5.74, 6) is -0.172. The Balaban J connectivity index is 2.11. The van der Waals surface area contributed by atoms with Gasteiger partial charge in [0.25, 0.3) is 0 Å². The minimum absolute atomic E-state index is 0.172. The van der Waals surface area contributed by atoms with Gasteiger partial charge < -0.3 is 4.74 Å². The molecule has 0 fully saturated rings. The summed E-state index contributed by atoms with van der Waals surface area (Å²) < 4.78 is 4.96. The number of amides is 1. The Hall–Kier alpha value is -3.06. The van der Waals surface area contributed by atoms with Crippen molar-refractivity contribution in [3.05, 3.63) is 76.9 Å². The molecule has 1 amide bonds. The van der Waals surface area contributed by atoms with Crippen LogP contribution in [0.2, 0.25) is 0 Å². The van der Waals surface area contributed by atoms with Crippen LogP contribution in [0.15, 0.2) is 60.2 Å². The Labute approximate surface area is 135 Å². The Morgan fingerprint density at radius 1 is 1.17 bits per heavy atom. The molecule has 0 saturated heterocycles. The largest absolute Gasteiger partial charge is 0.450 e. The molecule has 0 spiro atoms.